The summed E-state index contributed by atoms with van der Waals surface area (Å²) in [6, 6.07) is 19.9. The predicted octanol–water partition coefficient (Wildman–Crippen LogP) is 5.62. The number of para-hydroxylation sites is 1. The van der Waals surface area contributed by atoms with Crippen LogP contribution < -0.4 is 15.5 Å². The van der Waals surface area contributed by atoms with E-state index >= 15 is 0 Å². The van der Waals surface area contributed by atoms with Gasteiger partial charge >= 0.3 is 0 Å². The lowest BCUT2D eigenvalue weighted by Crippen LogP contribution is -2.31. The summed E-state index contributed by atoms with van der Waals surface area (Å²) in [6.07, 6.45) is 6.07. The van der Waals surface area contributed by atoms with Crippen molar-refractivity contribution in [1.29, 1.82) is 0 Å². The van der Waals surface area contributed by atoms with Gasteiger partial charge in [0.15, 0.2) is 0 Å². The fourth-order valence-electron chi connectivity index (χ4n) is 4.81. The topological polar surface area (TPSA) is 40.2 Å². The molecule has 1 heterocycles. The molecule has 0 spiro atoms. The lowest BCUT2D eigenvalue weighted by atomic mass is 9.86. The van der Waals surface area contributed by atoms with Gasteiger partial charge in [0.2, 0.25) is 0 Å². The minimum Gasteiger partial charge on any atom is -0.377 e. The molecule has 164 valence electrons. The average molecular weight is 417 g/mol. The second-order valence-corrected chi connectivity index (χ2v) is 9.05. The maximum Gasteiger partial charge on any atom is 0.128 e. The van der Waals surface area contributed by atoms with E-state index < -0.39 is 0 Å². The van der Waals surface area contributed by atoms with Crippen molar-refractivity contribution in [2.24, 2.45) is 5.92 Å². The Balaban J connectivity index is 1.29. The molecule has 1 fully saturated rings. The third kappa shape index (κ3) is 5.37. The summed E-state index contributed by atoms with van der Waals surface area (Å²) in [4.78, 5) is 7.06. The predicted molar refractivity (Wildman–Crippen MR) is 133 cm³/mol. The van der Waals surface area contributed by atoms with Crippen LogP contribution in [0.1, 0.15) is 43.7 Å². The molecule has 0 amide bonds. The molecule has 4 nitrogen and oxygen atoms in total. The van der Waals surface area contributed by atoms with Gasteiger partial charge in [-0.25, -0.2) is 4.98 Å². The largest absolute Gasteiger partial charge is 0.377 e. The molecule has 1 saturated carbocycles. The second kappa shape index (κ2) is 10.1. The monoisotopic (exact) mass is 416 g/mol. The van der Waals surface area contributed by atoms with E-state index in [2.05, 4.69) is 91.1 Å². The number of aromatic nitrogens is 1. The van der Waals surface area contributed by atoms with E-state index in [1.165, 1.54) is 47.9 Å². The maximum atomic E-state index is 4.88. The molecule has 4 heteroatoms. The normalized spacial score (nSPS) is 18.8. The van der Waals surface area contributed by atoms with Gasteiger partial charge in [0.05, 0.1) is 5.52 Å². The highest BCUT2D eigenvalue weighted by molar-refractivity contribution is 5.93. The molecule has 0 unspecified atom stereocenters. The highest BCUT2D eigenvalue weighted by atomic mass is 15.1. The number of pyridine rings is 1. The fraction of sp³-hybridized carbons (Fsp3) is 0.444. The Kier molecular flexibility index (Phi) is 7.08. The fourth-order valence-corrected chi connectivity index (χ4v) is 4.81. The van der Waals surface area contributed by atoms with E-state index in [1.54, 1.807) is 0 Å². The second-order valence-electron chi connectivity index (χ2n) is 9.05. The smallest absolute Gasteiger partial charge is 0.128 e. The molecule has 0 radical (unpaired) electrons. The first-order chi connectivity index (χ1) is 15.1. The van der Waals surface area contributed by atoms with E-state index in [-0.39, 0.29) is 0 Å². The van der Waals surface area contributed by atoms with Crippen LogP contribution in [0, 0.1) is 5.92 Å². The first-order valence-electron chi connectivity index (χ1n) is 11.7. The number of fused-ring (bicyclic) bond motifs is 1. The van der Waals surface area contributed by atoms with Crippen LogP contribution in [0.4, 0.5) is 11.5 Å². The molecule has 0 aliphatic heterocycles. The van der Waals surface area contributed by atoms with E-state index in [0.717, 1.165) is 36.8 Å². The van der Waals surface area contributed by atoms with Gasteiger partial charge in [0.1, 0.15) is 5.82 Å². The summed E-state index contributed by atoms with van der Waals surface area (Å²) in [5.41, 5.74) is 5.18. The molecule has 0 atom stereocenters. The number of hydrogen-bond acceptors (Lipinski definition) is 4. The third-order valence-corrected chi connectivity index (χ3v) is 6.62. The van der Waals surface area contributed by atoms with Crippen LogP contribution in [0.5, 0.6) is 0 Å². The lowest BCUT2D eigenvalue weighted by molar-refractivity contribution is 0.324. The molecular formula is C27H36N4. The lowest BCUT2D eigenvalue weighted by Gasteiger charge is -2.30. The van der Waals surface area contributed by atoms with Crippen molar-refractivity contribution in [3.8, 4) is 0 Å². The summed E-state index contributed by atoms with van der Waals surface area (Å²) in [5, 5.41) is 8.65. The van der Waals surface area contributed by atoms with Gasteiger partial charge < -0.3 is 15.5 Å². The van der Waals surface area contributed by atoms with Gasteiger partial charge in [-0.1, -0.05) is 49.4 Å². The SMILES string of the molecule is CCc1ccccc1CNC[C@H]1CC[C@@H](Nc2cc(N(C)C)c3ccccc3n2)CC1. The molecule has 31 heavy (non-hydrogen) atoms. The molecule has 1 aliphatic carbocycles. The molecule has 3 aromatic rings. The number of anilines is 2. The quantitative estimate of drug-likeness (QED) is 0.500. The van der Waals surface area contributed by atoms with Crippen LogP contribution in [0.3, 0.4) is 0 Å². The van der Waals surface area contributed by atoms with Crippen molar-refractivity contribution in [2.45, 2.75) is 51.6 Å². The molecule has 1 aliphatic rings. The van der Waals surface area contributed by atoms with Crippen LogP contribution in [0.25, 0.3) is 10.9 Å². The van der Waals surface area contributed by atoms with E-state index in [1.807, 2.05) is 0 Å². The van der Waals surface area contributed by atoms with Crippen LogP contribution in [0.15, 0.2) is 54.6 Å². The van der Waals surface area contributed by atoms with Gasteiger partial charge in [-0.3, -0.25) is 0 Å². The van der Waals surface area contributed by atoms with Crippen molar-refractivity contribution < 1.29 is 0 Å². The minimum atomic E-state index is 0.515. The Hall–Kier alpha value is -2.59. The number of benzene rings is 2. The number of aryl methyl sites for hydroxylation is 1. The van der Waals surface area contributed by atoms with Crippen LogP contribution in [-0.4, -0.2) is 31.7 Å². The van der Waals surface area contributed by atoms with Gasteiger partial charge in [0.25, 0.3) is 0 Å². The van der Waals surface area contributed by atoms with Crippen molar-refractivity contribution in [3.05, 3.63) is 65.7 Å². The Bertz CT molecular complexity index is 989. The van der Waals surface area contributed by atoms with Gasteiger partial charge in [-0.2, -0.15) is 0 Å². The Morgan fingerprint density at radius 3 is 2.39 bits per heavy atom. The number of nitrogens with one attached hydrogen (secondary N) is 2. The van der Waals surface area contributed by atoms with Gasteiger partial charge in [-0.15, -0.1) is 0 Å². The van der Waals surface area contributed by atoms with Gasteiger partial charge in [0, 0.05) is 43.8 Å². The number of hydrogen-bond donors (Lipinski definition) is 2. The molecular weight excluding hydrogens is 380 g/mol. The zero-order valence-electron chi connectivity index (χ0n) is 19.2. The Labute approximate surface area is 187 Å². The van der Waals surface area contributed by atoms with Crippen LogP contribution in [-0.2, 0) is 13.0 Å². The standard InChI is InChI=1S/C27H36N4/c1-4-21-9-5-6-10-22(21)19-28-18-20-13-15-23(16-14-20)29-27-17-26(31(2)3)24-11-7-8-12-25(24)30-27/h5-12,17,20,23,28H,4,13-16,18-19H2,1-3H3,(H,29,30)/t20-,23+. The van der Waals surface area contributed by atoms with Crippen LogP contribution in [0.2, 0.25) is 0 Å². The highest BCUT2D eigenvalue weighted by Crippen LogP contribution is 2.30. The van der Waals surface area contributed by atoms with E-state index in [0.29, 0.717) is 6.04 Å². The summed E-state index contributed by atoms with van der Waals surface area (Å²) in [5.74, 6) is 1.77. The zero-order valence-corrected chi connectivity index (χ0v) is 19.2. The summed E-state index contributed by atoms with van der Waals surface area (Å²) >= 11 is 0. The summed E-state index contributed by atoms with van der Waals surface area (Å²) < 4.78 is 0. The molecule has 4 rings (SSSR count). The van der Waals surface area contributed by atoms with Gasteiger partial charge in [-0.05, 0) is 61.8 Å². The molecule has 0 saturated heterocycles. The number of nitrogens with zero attached hydrogens (tertiary/aromatic N) is 2. The van der Waals surface area contributed by atoms with Crippen molar-refractivity contribution >= 4 is 22.4 Å². The average Bonchev–Trinajstić information content (AvgIpc) is 2.80. The summed E-state index contributed by atoms with van der Waals surface area (Å²) in [7, 11) is 4.20. The van der Waals surface area contributed by atoms with Crippen molar-refractivity contribution in [3.63, 3.8) is 0 Å². The molecule has 1 aromatic heterocycles. The Morgan fingerprint density at radius 2 is 1.65 bits per heavy atom. The molecule has 2 aromatic carbocycles. The first kappa shape index (κ1) is 21.6. The zero-order chi connectivity index (χ0) is 21.6. The minimum absolute atomic E-state index is 0.515. The Morgan fingerprint density at radius 1 is 0.935 bits per heavy atom. The van der Waals surface area contributed by atoms with E-state index in [9.17, 15) is 0 Å². The first-order valence-corrected chi connectivity index (χ1v) is 11.7. The van der Waals surface area contributed by atoms with Crippen molar-refractivity contribution in [1.82, 2.24) is 10.3 Å². The maximum absolute atomic E-state index is 4.88. The molecule has 2 N–H and O–H groups in total. The van der Waals surface area contributed by atoms with Crippen LogP contribution >= 0.6 is 0 Å². The van der Waals surface area contributed by atoms with E-state index in [4.69, 9.17) is 4.98 Å². The molecule has 0 bridgehead atoms. The highest BCUT2D eigenvalue weighted by Gasteiger charge is 2.21. The number of rotatable bonds is 8. The summed E-state index contributed by atoms with van der Waals surface area (Å²) in [6.45, 7) is 4.33. The third-order valence-electron chi connectivity index (χ3n) is 6.62. The van der Waals surface area contributed by atoms with Crippen molar-refractivity contribution in [2.75, 3.05) is 30.9 Å².